The molecule has 0 aliphatic rings. The van der Waals surface area contributed by atoms with Crippen molar-refractivity contribution in [3.05, 3.63) is 30.1 Å². The van der Waals surface area contributed by atoms with Gasteiger partial charge in [-0.1, -0.05) is 19.9 Å². The average molecular weight is 218 g/mol. The second-order valence-electron chi connectivity index (χ2n) is 4.75. The fourth-order valence-electron chi connectivity index (χ4n) is 1.94. The van der Waals surface area contributed by atoms with Gasteiger partial charge in [0.15, 0.2) is 0 Å². The van der Waals surface area contributed by atoms with Crippen LogP contribution >= 0.6 is 0 Å². The number of aryl methyl sites for hydroxylation is 1. The van der Waals surface area contributed by atoms with Crippen molar-refractivity contribution < 1.29 is 5.11 Å². The maximum atomic E-state index is 10.0. The van der Waals surface area contributed by atoms with Crippen molar-refractivity contribution in [3.63, 3.8) is 0 Å². The zero-order valence-electron chi connectivity index (χ0n) is 10.0. The van der Waals surface area contributed by atoms with Crippen LogP contribution in [0.4, 0.5) is 0 Å². The average Bonchev–Trinajstić information content (AvgIpc) is 2.59. The smallest absolute Gasteiger partial charge is 0.0955 e. The van der Waals surface area contributed by atoms with Crippen LogP contribution in [-0.4, -0.2) is 14.7 Å². The van der Waals surface area contributed by atoms with Crippen molar-refractivity contribution in [2.45, 2.75) is 26.4 Å². The highest BCUT2D eigenvalue weighted by Gasteiger charge is 2.11. The van der Waals surface area contributed by atoms with Gasteiger partial charge in [-0.05, 0) is 30.0 Å². The van der Waals surface area contributed by atoms with Gasteiger partial charge in [-0.3, -0.25) is 0 Å². The number of aromatic nitrogens is 2. The van der Waals surface area contributed by atoms with Gasteiger partial charge >= 0.3 is 0 Å². The number of hydrogen-bond donors (Lipinski definition) is 1. The molecular formula is C13H18N2O. The van der Waals surface area contributed by atoms with Gasteiger partial charge in [-0.2, -0.15) is 0 Å². The molecule has 0 amide bonds. The SMILES string of the molecule is CC(C)CC(O)c1ccc2c(c1)ncn2C. The summed E-state index contributed by atoms with van der Waals surface area (Å²) in [6.07, 6.45) is 2.20. The Morgan fingerprint density at radius 2 is 2.12 bits per heavy atom. The van der Waals surface area contributed by atoms with Gasteiger partial charge in [0.05, 0.1) is 23.5 Å². The number of nitrogens with zero attached hydrogens (tertiary/aromatic N) is 2. The van der Waals surface area contributed by atoms with E-state index in [0.717, 1.165) is 23.0 Å². The maximum absolute atomic E-state index is 10.0. The number of aliphatic hydroxyl groups excluding tert-OH is 1. The van der Waals surface area contributed by atoms with Gasteiger partial charge < -0.3 is 9.67 Å². The van der Waals surface area contributed by atoms with Crippen LogP contribution in [0.3, 0.4) is 0 Å². The molecule has 0 aliphatic heterocycles. The second kappa shape index (κ2) is 4.26. The van der Waals surface area contributed by atoms with E-state index in [0.29, 0.717) is 5.92 Å². The third-order valence-electron chi connectivity index (χ3n) is 2.83. The van der Waals surface area contributed by atoms with Crippen molar-refractivity contribution in [2.24, 2.45) is 13.0 Å². The van der Waals surface area contributed by atoms with E-state index in [1.807, 2.05) is 29.8 Å². The summed E-state index contributed by atoms with van der Waals surface area (Å²) in [5, 5.41) is 10.0. The maximum Gasteiger partial charge on any atom is 0.0955 e. The lowest BCUT2D eigenvalue weighted by molar-refractivity contribution is 0.151. The summed E-state index contributed by atoms with van der Waals surface area (Å²) in [6.45, 7) is 4.23. The van der Waals surface area contributed by atoms with Crippen LogP contribution < -0.4 is 0 Å². The molecule has 0 saturated carbocycles. The van der Waals surface area contributed by atoms with Crippen LogP contribution in [0.25, 0.3) is 11.0 Å². The van der Waals surface area contributed by atoms with Crippen molar-refractivity contribution in [1.82, 2.24) is 9.55 Å². The summed E-state index contributed by atoms with van der Waals surface area (Å²) >= 11 is 0. The Labute approximate surface area is 95.7 Å². The van der Waals surface area contributed by atoms with Crippen LogP contribution in [-0.2, 0) is 7.05 Å². The van der Waals surface area contributed by atoms with Gasteiger partial charge in [0, 0.05) is 7.05 Å². The van der Waals surface area contributed by atoms with Gasteiger partial charge in [-0.25, -0.2) is 4.98 Å². The molecule has 1 aromatic carbocycles. The number of benzene rings is 1. The molecule has 0 aliphatic carbocycles. The molecule has 1 heterocycles. The first-order valence-electron chi connectivity index (χ1n) is 5.67. The summed E-state index contributed by atoms with van der Waals surface area (Å²) < 4.78 is 1.98. The highest BCUT2D eigenvalue weighted by atomic mass is 16.3. The molecule has 0 saturated heterocycles. The Hall–Kier alpha value is -1.35. The fourth-order valence-corrected chi connectivity index (χ4v) is 1.94. The van der Waals surface area contributed by atoms with Crippen LogP contribution in [0.5, 0.6) is 0 Å². The molecule has 1 unspecified atom stereocenters. The third kappa shape index (κ3) is 2.09. The summed E-state index contributed by atoms with van der Waals surface area (Å²) in [5.41, 5.74) is 3.00. The monoisotopic (exact) mass is 218 g/mol. The highest BCUT2D eigenvalue weighted by Crippen LogP contribution is 2.23. The minimum Gasteiger partial charge on any atom is -0.388 e. The molecule has 0 fully saturated rings. The van der Waals surface area contributed by atoms with Gasteiger partial charge in [0.1, 0.15) is 0 Å². The van der Waals surface area contributed by atoms with Gasteiger partial charge in [0.25, 0.3) is 0 Å². The van der Waals surface area contributed by atoms with Crippen molar-refractivity contribution in [2.75, 3.05) is 0 Å². The number of imidazole rings is 1. The van der Waals surface area contributed by atoms with E-state index in [2.05, 4.69) is 18.8 Å². The lowest BCUT2D eigenvalue weighted by Gasteiger charge is -2.13. The minimum absolute atomic E-state index is 0.383. The van der Waals surface area contributed by atoms with Crippen molar-refractivity contribution in [3.8, 4) is 0 Å². The standard InChI is InChI=1S/C13H18N2O/c1-9(2)6-13(16)10-4-5-12-11(7-10)14-8-15(12)3/h4-5,7-9,13,16H,6H2,1-3H3. The molecule has 0 radical (unpaired) electrons. The molecule has 1 N–H and O–H groups in total. The normalized spacial score (nSPS) is 13.6. The minimum atomic E-state index is -0.383. The molecule has 2 rings (SSSR count). The highest BCUT2D eigenvalue weighted by molar-refractivity contribution is 5.76. The Kier molecular flexibility index (Phi) is 2.97. The van der Waals surface area contributed by atoms with E-state index in [1.165, 1.54) is 0 Å². The lowest BCUT2D eigenvalue weighted by Crippen LogP contribution is -2.01. The molecule has 1 atom stereocenters. The first-order valence-corrected chi connectivity index (χ1v) is 5.67. The van der Waals surface area contributed by atoms with E-state index >= 15 is 0 Å². The Balaban J connectivity index is 2.32. The second-order valence-corrected chi connectivity index (χ2v) is 4.75. The quantitative estimate of drug-likeness (QED) is 0.860. The van der Waals surface area contributed by atoms with Crippen LogP contribution in [0.15, 0.2) is 24.5 Å². The summed E-state index contributed by atoms with van der Waals surface area (Å²) in [6, 6.07) is 5.97. The molecule has 16 heavy (non-hydrogen) atoms. The van der Waals surface area contributed by atoms with Crippen LogP contribution in [0.1, 0.15) is 31.9 Å². The molecule has 86 valence electrons. The van der Waals surface area contributed by atoms with Crippen LogP contribution in [0, 0.1) is 5.92 Å². The Morgan fingerprint density at radius 1 is 1.38 bits per heavy atom. The topological polar surface area (TPSA) is 38.1 Å². The van der Waals surface area contributed by atoms with E-state index in [1.54, 1.807) is 6.33 Å². The zero-order valence-corrected chi connectivity index (χ0v) is 10.0. The number of rotatable bonds is 3. The molecular weight excluding hydrogens is 200 g/mol. The Morgan fingerprint density at radius 3 is 2.81 bits per heavy atom. The van der Waals surface area contributed by atoms with Gasteiger partial charge in [-0.15, -0.1) is 0 Å². The lowest BCUT2D eigenvalue weighted by atomic mass is 9.99. The molecule has 0 bridgehead atoms. The molecule has 0 spiro atoms. The van der Waals surface area contributed by atoms with Crippen molar-refractivity contribution >= 4 is 11.0 Å². The molecule has 3 nitrogen and oxygen atoms in total. The molecule has 2 aromatic rings. The van der Waals surface area contributed by atoms with E-state index in [9.17, 15) is 5.11 Å². The van der Waals surface area contributed by atoms with Gasteiger partial charge in [0.2, 0.25) is 0 Å². The van der Waals surface area contributed by atoms with Crippen molar-refractivity contribution in [1.29, 1.82) is 0 Å². The van der Waals surface area contributed by atoms with E-state index in [-0.39, 0.29) is 6.10 Å². The fraction of sp³-hybridized carbons (Fsp3) is 0.462. The van der Waals surface area contributed by atoms with E-state index < -0.39 is 0 Å². The summed E-state index contributed by atoms with van der Waals surface area (Å²) in [5.74, 6) is 0.495. The Bertz CT molecular complexity index is 488. The molecule has 3 heteroatoms. The van der Waals surface area contributed by atoms with Crippen LogP contribution in [0.2, 0.25) is 0 Å². The zero-order chi connectivity index (χ0) is 11.7. The predicted octanol–water partition coefficient (Wildman–Crippen LogP) is 2.65. The largest absolute Gasteiger partial charge is 0.388 e. The summed E-state index contributed by atoms with van der Waals surface area (Å²) in [4.78, 5) is 4.29. The number of fused-ring (bicyclic) bond motifs is 1. The summed E-state index contributed by atoms with van der Waals surface area (Å²) in [7, 11) is 1.97. The number of aliphatic hydroxyl groups is 1. The predicted molar refractivity (Wildman–Crippen MR) is 65.1 cm³/mol. The number of hydrogen-bond acceptors (Lipinski definition) is 2. The third-order valence-corrected chi connectivity index (χ3v) is 2.83. The first kappa shape index (κ1) is 11.1. The molecule has 1 aromatic heterocycles. The first-order chi connectivity index (χ1) is 7.58. The van der Waals surface area contributed by atoms with E-state index in [4.69, 9.17) is 0 Å².